The molecular weight excluding hydrogens is 295 g/mol. The molecule has 0 amide bonds. The van der Waals surface area contributed by atoms with Crippen LogP contribution >= 0.6 is 0 Å². The summed E-state index contributed by atoms with van der Waals surface area (Å²) in [6, 6.07) is 9.74. The number of benzene rings is 1. The van der Waals surface area contributed by atoms with Crippen molar-refractivity contribution in [3.8, 4) is 22.4 Å². The van der Waals surface area contributed by atoms with Crippen LogP contribution in [0.15, 0.2) is 55.0 Å². The summed E-state index contributed by atoms with van der Waals surface area (Å²) in [7, 11) is 0. The van der Waals surface area contributed by atoms with Gasteiger partial charge in [-0.3, -0.25) is 4.98 Å². The first kappa shape index (κ1) is 15.0. The second kappa shape index (κ2) is 6.44. The van der Waals surface area contributed by atoms with E-state index in [1.54, 1.807) is 37.6 Å². The van der Waals surface area contributed by atoms with E-state index in [2.05, 4.69) is 9.97 Å². The summed E-state index contributed by atoms with van der Waals surface area (Å²) in [5, 5.41) is 0. The fraction of sp³-hybridized carbons (Fsp3) is 0.111. The molecule has 4 nitrogen and oxygen atoms in total. The molecule has 1 aromatic carbocycles. The van der Waals surface area contributed by atoms with E-state index >= 15 is 0 Å². The van der Waals surface area contributed by atoms with Gasteiger partial charge in [0.25, 0.3) is 0 Å². The number of halogens is 1. The summed E-state index contributed by atoms with van der Waals surface area (Å²) in [4.78, 5) is 19.3. The Hall–Kier alpha value is -2.95. The standard InChI is InChI=1S/C18H15FN2O2/c1-2-23-18(22)15-11-21-17(13-3-5-14(19)6-4-13)16(15)12-7-9-20-10-8-12/h3-11,21H,2H2,1H3. The molecule has 0 aliphatic carbocycles. The van der Waals surface area contributed by atoms with Crippen LogP contribution in [0.4, 0.5) is 4.39 Å². The van der Waals surface area contributed by atoms with Crippen LogP contribution < -0.4 is 0 Å². The molecule has 0 atom stereocenters. The second-order valence-electron chi connectivity index (χ2n) is 4.92. The van der Waals surface area contributed by atoms with E-state index in [0.29, 0.717) is 12.2 Å². The number of pyridine rings is 1. The Bertz CT molecular complexity index is 811. The van der Waals surface area contributed by atoms with E-state index in [9.17, 15) is 9.18 Å². The number of carbonyl (C=O) groups is 1. The van der Waals surface area contributed by atoms with Crippen molar-refractivity contribution in [2.75, 3.05) is 6.61 Å². The van der Waals surface area contributed by atoms with Crippen molar-refractivity contribution in [1.82, 2.24) is 9.97 Å². The zero-order valence-corrected chi connectivity index (χ0v) is 12.5. The van der Waals surface area contributed by atoms with E-state index in [4.69, 9.17) is 4.74 Å². The lowest BCUT2D eigenvalue weighted by Crippen LogP contribution is -2.04. The Balaban J connectivity index is 2.17. The molecule has 5 heteroatoms. The zero-order valence-electron chi connectivity index (χ0n) is 12.5. The van der Waals surface area contributed by atoms with Crippen molar-refractivity contribution >= 4 is 5.97 Å². The van der Waals surface area contributed by atoms with E-state index < -0.39 is 5.97 Å². The van der Waals surface area contributed by atoms with Gasteiger partial charge in [0.05, 0.1) is 17.9 Å². The second-order valence-corrected chi connectivity index (χ2v) is 4.92. The van der Waals surface area contributed by atoms with Crippen molar-refractivity contribution < 1.29 is 13.9 Å². The van der Waals surface area contributed by atoms with Gasteiger partial charge in [-0.25, -0.2) is 9.18 Å². The number of esters is 1. The maximum atomic E-state index is 13.2. The largest absolute Gasteiger partial charge is 0.462 e. The molecule has 1 N–H and O–H groups in total. The fourth-order valence-electron chi connectivity index (χ4n) is 2.46. The van der Waals surface area contributed by atoms with Gasteiger partial charge in [0.2, 0.25) is 0 Å². The van der Waals surface area contributed by atoms with Gasteiger partial charge in [0.15, 0.2) is 0 Å². The minimum atomic E-state index is -0.399. The lowest BCUT2D eigenvalue weighted by molar-refractivity contribution is 0.0527. The minimum absolute atomic E-state index is 0.297. The number of ether oxygens (including phenoxy) is 1. The molecule has 3 rings (SSSR count). The molecule has 0 fully saturated rings. The number of hydrogen-bond donors (Lipinski definition) is 1. The molecule has 0 radical (unpaired) electrons. The van der Waals surface area contributed by atoms with Crippen LogP contribution in [0.2, 0.25) is 0 Å². The van der Waals surface area contributed by atoms with E-state index in [0.717, 1.165) is 22.4 Å². The third kappa shape index (κ3) is 2.99. The van der Waals surface area contributed by atoms with Crippen molar-refractivity contribution in [1.29, 1.82) is 0 Å². The van der Waals surface area contributed by atoms with Gasteiger partial charge in [-0.15, -0.1) is 0 Å². The Morgan fingerprint density at radius 3 is 2.48 bits per heavy atom. The number of aromatic amines is 1. The van der Waals surface area contributed by atoms with Gasteiger partial charge in [-0.2, -0.15) is 0 Å². The highest BCUT2D eigenvalue weighted by atomic mass is 19.1. The molecule has 116 valence electrons. The van der Waals surface area contributed by atoms with Crippen LogP contribution in [0, 0.1) is 5.82 Å². The third-order valence-electron chi connectivity index (χ3n) is 3.48. The van der Waals surface area contributed by atoms with Gasteiger partial charge < -0.3 is 9.72 Å². The van der Waals surface area contributed by atoms with Crippen LogP contribution in [-0.2, 0) is 4.74 Å². The highest BCUT2D eigenvalue weighted by Gasteiger charge is 2.20. The molecule has 0 aliphatic heterocycles. The smallest absolute Gasteiger partial charge is 0.340 e. The average Bonchev–Trinajstić information content (AvgIpc) is 3.01. The van der Waals surface area contributed by atoms with Crippen molar-refractivity contribution in [3.63, 3.8) is 0 Å². The number of carbonyl (C=O) groups excluding carboxylic acids is 1. The fourth-order valence-corrected chi connectivity index (χ4v) is 2.46. The number of nitrogens with zero attached hydrogens (tertiary/aromatic N) is 1. The quantitative estimate of drug-likeness (QED) is 0.739. The van der Waals surface area contributed by atoms with E-state index in [1.165, 1.54) is 12.1 Å². The predicted octanol–water partition coefficient (Wildman–Crippen LogP) is 4.06. The number of nitrogens with one attached hydrogen (secondary N) is 1. The summed E-state index contributed by atoms with van der Waals surface area (Å²) >= 11 is 0. The first-order valence-electron chi connectivity index (χ1n) is 7.25. The van der Waals surface area contributed by atoms with E-state index in [-0.39, 0.29) is 5.82 Å². The minimum Gasteiger partial charge on any atom is -0.462 e. The number of H-pyrrole nitrogens is 1. The predicted molar refractivity (Wildman–Crippen MR) is 85.4 cm³/mol. The third-order valence-corrected chi connectivity index (χ3v) is 3.48. The van der Waals surface area contributed by atoms with E-state index in [1.807, 2.05) is 12.1 Å². The molecule has 0 saturated heterocycles. The summed E-state index contributed by atoms with van der Waals surface area (Å²) in [6.45, 7) is 2.06. The van der Waals surface area contributed by atoms with Crippen LogP contribution in [-0.4, -0.2) is 22.5 Å². The van der Waals surface area contributed by atoms with Gasteiger partial charge in [-0.1, -0.05) is 0 Å². The van der Waals surface area contributed by atoms with Crippen molar-refractivity contribution in [2.24, 2.45) is 0 Å². The van der Waals surface area contributed by atoms with Crippen molar-refractivity contribution in [3.05, 3.63) is 66.4 Å². The Morgan fingerprint density at radius 1 is 1.13 bits per heavy atom. The van der Waals surface area contributed by atoms with Gasteiger partial charge in [-0.05, 0) is 54.4 Å². The first-order chi connectivity index (χ1) is 11.2. The van der Waals surface area contributed by atoms with Gasteiger partial charge >= 0.3 is 5.97 Å². The summed E-state index contributed by atoms with van der Waals surface area (Å²) in [5.74, 6) is -0.708. The molecule has 2 aromatic heterocycles. The zero-order chi connectivity index (χ0) is 16.2. The Morgan fingerprint density at radius 2 is 1.83 bits per heavy atom. The Kier molecular flexibility index (Phi) is 4.19. The van der Waals surface area contributed by atoms with Crippen LogP contribution in [0.3, 0.4) is 0 Å². The molecule has 23 heavy (non-hydrogen) atoms. The molecule has 3 aromatic rings. The van der Waals surface area contributed by atoms with Crippen molar-refractivity contribution in [2.45, 2.75) is 6.92 Å². The summed E-state index contributed by atoms with van der Waals surface area (Å²) in [5.41, 5.74) is 3.52. The molecular formula is C18H15FN2O2. The topological polar surface area (TPSA) is 55.0 Å². The first-order valence-corrected chi connectivity index (χ1v) is 7.25. The summed E-state index contributed by atoms with van der Waals surface area (Å²) < 4.78 is 18.3. The SMILES string of the molecule is CCOC(=O)c1c[nH]c(-c2ccc(F)cc2)c1-c1ccncc1. The molecule has 2 heterocycles. The number of aromatic nitrogens is 2. The number of hydrogen-bond acceptors (Lipinski definition) is 3. The summed E-state index contributed by atoms with van der Waals surface area (Å²) in [6.07, 6.45) is 4.93. The maximum absolute atomic E-state index is 13.2. The molecule has 0 aliphatic rings. The van der Waals surface area contributed by atoms with Gasteiger partial charge in [0.1, 0.15) is 5.82 Å². The highest BCUT2D eigenvalue weighted by molar-refractivity contribution is 6.01. The van der Waals surface area contributed by atoms with Gasteiger partial charge in [0, 0.05) is 24.2 Å². The maximum Gasteiger partial charge on any atom is 0.340 e. The molecule has 0 bridgehead atoms. The molecule has 0 saturated carbocycles. The van der Waals surface area contributed by atoms with Crippen LogP contribution in [0.5, 0.6) is 0 Å². The lowest BCUT2D eigenvalue weighted by atomic mass is 9.98. The number of rotatable bonds is 4. The molecule has 0 spiro atoms. The van der Waals surface area contributed by atoms with Crippen LogP contribution in [0.25, 0.3) is 22.4 Å². The highest BCUT2D eigenvalue weighted by Crippen LogP contribution is 2.34. The molecule has 0 unspecified atom stereocenters. The lowest BCUT2D eigenvalue weighted by Gasteiger charge is -2.08. The normalized spacial score (nSPS) is 10.5. The average molecular weight is 310 g/mol. The Labute approximate surface area is 133 Å². The monoisotopic (exact) mass is 310 g/mol. The van der Waals surface area contributed by atoms with Crippen LogP contribution in [0.1, 0.15) is 17.3 Å².